The highest BCUT2D eigenvalue weighted by atomic mass is 79.9. The molecule has 0 saturated heterocycles. The van der Waals surface area contributed by atoms with Gasteiger partial charge in [0.1, 0.15) is 0 Å². The number of alkyl halides is 2. The molecule has 0 aliphatic heterocycles. The third-order valence-electron chi connectivity index (χ3n) is 1.29. The minimum absolute atomic E-state index is 0.174. The van der Waals surface area contributed by atoms with Crippen molar-refractivity contribution in [2.24, 2.45) is 0 Å². The molecule has 0 fully saturated rings. The van der Waals surface area contributed by atoms with Crippen LogP contribution in [0.3, 0.4) is 0 Å². The first-order valence-corrected chi connectivity index (χ1v) is 3.77. The fourth-order valence-corrected chi connectivity index (χ4v) is 1.20. The molecule has 1 nitrogen and oxygen atoms in total. The van der Waals surface area contributed by atoms with Crippen molar-refractivity contribution in [3.05, 3.63) is 28.0 Å². The van der Waals surface area contributed by atoms with Gasteiger partial charge in [-0.3, -0.25) is 0 Å². The largest absolute Gasteiger partial charge is 0.504 e. The Labute approximate surface area is 75.0 Å². The molecule has 1 aromatic carbocycles. The molecule has 66 valence electrons. The summed E-state index contributed by atoms with van der Waals surface area (Å²) in [5.74, 6) is -2.05. The normalized spacial score (nSPS) is 10.8. The average Bonchev–Trinajstić information content (AvgIpc) is 1.96. The number of phenolic OH excluding ortho intramolecular Hbond substituents is 1. The summed E-state index contributed by atoms with van der Waals surface area (Å²) in [5, 5.41) is 8.82. The van der Waals surface area contributed by atoms with Gasteiger partial charge in [-0.2, -0.15) is 0 Å². The smallest absolute Gasteiger partial charge is 0.267 e. The summed E-state index contributed by atoms with van der Waals surface area (Å²) >= 11 is 2.83. The number of phenols is 1. The van der Waals surface area contributed by atoms with E-state index < -0.39 is 23.6 Å². The lowest BCUT2D eigenvalue weighted by molar-refractivity contribution is 0.146. The van der Waals surface area contributed by atoms with E-state index in [1.807, 2.05) is 0 Å². The van der Waals surface area contributed by atoms with Gasteiger partial charge >= 0.3 is 0 Å². The minimum atomic E-state index is -2.88. The van der Waals surface area contributed by atoms with Gasteiger partial charge in [-0.15, -0.1) is 0 Å². The summed E-state index contributed by atoms with van der Waals surface area (Å²) < 4.78 is 36.8. The van der Waals surface area contributed by atoms with Crippen LogP contribution in [0.25, 0.3) is 0 Å². The van der Waals surface area contributed by atoms with E-state index in [4.69, 9.17) is 5.11 Å². The van der Waals surface area contributed by atoms with Crippen LogP contribution in [0.1, 0.15) is 12.0 Å². The quantitative estimate of drug-likeness (QED) is 0.800. The monoisotopic (exact) mass is 240 g/mol. The van der Waals surface area contributed by atoms with Crippen LogP contribution in [-0.4, -0.2) is 5.11 Å². The molecule has 0 aromatic heterocycles. The maximum Gasteiger partial charge on any atom is 0.267 e. The first-order valence-electron chi connectivity index (χ1n) is 2.98. The minimum Gasteiger partial charge on any atom is -0.504 e. The van der Waals surface area contributed by atoms with Crippen molar-refractivity contribution < 1.29 is 18.3 Å². The van der Waals surface area contributed by atoms with E-state index in [0.29, 0.717) is 0 Å². The molecule has 1 rings (SSSR count). The number of aromatic hydroxyl groups is 1. The van der Waals surface area contributed by atoms with Crippen LogP contribution >= 0.6 is 15.9 Å². The van der Waals surface area contributed by atoms with Crippen molar-refractivity contribution in [1.29, 1.82) is 0 Å². The van der Waals surface area contributed by atoms with Crippen molar-refractivity contribution in [1.82, 2.24) is 0 Å². The molecule has 0 aliphatic rings. The molecule has 0 saturated carbocycles. The third kappa shape index (κ3) is 1.72. The molecule has 0 radical (unpaired) electrons. The Kier molecular flexibility index (Phi) is 2.62. The van der Waals surface area contributed by atoms with Crippen molar-refractivity contribution in [3.63, 3.8) is 0 Å². The molecule has 0 amide bonds. The van der Waals surface area contributed by atoms with Gasteiger partial charge in [-0.25, -0.2) is 13.2 Å². The molecule has 12 heavy (non-hydrogen) atoms. The molecule has 0 bridgehead atoms. The molecule has 1 N–H and O–H groups in total. The van der Waals surface area contributed by atoms with Crippen LogP contribution in [0.2, 0.25) is 0 Å². The van der Waals surface area contributed by atoms with E-state index in [9.17, 15) is 13.2 Å². The second kappa shape index (κ2) is 3.35. The van der Waals surface area contributed by atoms with Gasteiger partial charge in [-0.1, -0.05) is 15.9 Å². The van der Waals surface area contributed by atoms with Gasteiger partial charge in [0, 0.05) is 4.47 Å². The highest BCUT2D eigenvalue weighted by Gasteiger charge is 2.16. The van der Waals surface area contributed by atoms with Gasteiger partial charge in [0.15, 0.2) is 11.6 Å². The van der Waals surface area contributed by atoms with Crippen LogP contribution < -0.4 is 0 Å². The van der Waals surface area contributed by atoms with Crippen LogP contribution in [0.15, 0.2) is 16.6 Å². The Morgan fingerprint density at radius 1 is 1.33 bits per heavy atom. The fourth-order valence-electron chi connectivity index (χ4n) is 0.752. The summed E-state index contributed by atoms with van der Waals surface area (Å²) in [6.45, 7) is 0. The lowest BCUT2D eigenvalue weighted by Crippen LogP contribution is -1.88. The molecular formula is C7H4BrF3O. The zero-order valence-corrected chi connectivity index (χ0v) is 7.28. The van der Waals surface area contributed by atoms with Gasteiger partial charge in [-0.05, 0) is 12.1 Å². The fraction of sp³-hybridized carbons (Fsp3) is 0.143. The lowest BCUT2D eigenvalue weighted by atomic mass is 10.2. The molecular weight excluding hydrogens is 237 g/mol. The van der Waals surface area contributed by atoms with E-state index in [1.165, 1.54) is 0 Å². The van der Waals surface area contributed by atoms with E-state index in [1.54, 1.807) is 0 Å². The van der Waals surface area contributed by atoms with Gasteiger partial charge in [0.25, 0.3) is 6.43 Å². The molecule has 0 aliphatic carbocycles. The second-order valence-electron chi connectivity index (χ2n) is 2.13. The lowest BCUT2D eigenvalue weighted by Gasteiger charge is -2.04. The molecule has 0 heterocycles. The predicted molar refractivity (Wildman–Crippen MR) is 40.7 cm³/mol. The van der Waals surface area contributed by atoms with Crippen molar-refractivity contribution >= 4 is 15.9 Å². The van der Waals surface area contributed by atoms with Crippen molar-refractivity contribution in [2.75, 3.05) is 0 Å². The summed E-state index contributed by atoms with van der Waals surface area (Å²) in [7, 11) is 0. The topological polar surface area (TPSA) is 20.2 Å². The van der Waals surface area contributed by atoms with E-state index in [0.717, 1.165) is 12.1 Å². The van der Waals surface area contributed by atoms with Crippen molar-refractivity contribution in [2.45, 2.75) is 6.43 Å². The van der Waals surface area contributed by atoms with E-state index in [-0.39, 0.29) is 4.47 Å². The Balaban J connectivity index is 3.28. The Morgan fingerprint density at radius 3 is 2.42 bits per heavy atom. The summed E-state index contributed by atoms with van der Waals surface area (Å²) in [5.41, 5.74) is -0.707. The highest BCUT2D eigenvalue weighted by Crippen LogP contribution is 2.32. The summed E-state index contributed by atoms with van der Waals surface area (Å²) in [4.78, 5) is 0. The standard InChI is InChI=1S/C7H4BrF3O/c8-3-1-4(7(10)11)6(12)5(9)2-3/h1-2,7,12H. The Morgan fingerprint density at radius 2 is 1.92 bits per heavy atom. The van der Waals surface area contributed by atoms with Gasteiger partial charge in [0.05, 0.1) is 5.56 Å². The average molecular weight is 241 g/mol. The number of rotatable bonds is 1. The van der Waals surface area contributed by atoms with Crippen LogP contribution in [0, 0.1) is 5.82 Å². The van der Waals surface area contributed by atoms with E-state index >= 15 is 0 Å². The number of hydrogen-bond acceptors (Lipinski definition) is 1. The Hall–Kier alpha value is -0.710. The summed E-state index contributed by atoms with van der Waals surface area (Å²) in [6, 6.07) is 1.89. The van der Waals surface area contributed by atoms with Gasteiger partial charge < -0.3 is 5.11 Å². The summed E-state index contributed by atoms with van der Waals surface area (Å²) in [6.07, 6.45) is -2.88. The molecule has 0 unspecified atom stereocenters. The number of hydrogen-bond donors (Lipinski definition) is 1. The zero-order chi connectivity index (χ0) is 9.30. The molecule has 0 atom stereocenters. The Bertz CT molecular complexity index is 301. The maximum absolute atomic E-state index is 12.6. The van der Waals surface area contributed by atoms with Crippen molar-refractivity contribution in [3.8, 4) is 5.75 Å². The molecule has 5 heteroatoms. The third-order valence-corrected chi connectivity index (χ3v) is 1.75. The first kappa shape index (κ1) is 9.38. The number of benzene rings is 1. The molecule has 0 spiro atoms. The highest BCUT2D eigenvalue weighted by molar-refractivity contribution is 9.10. The van der Waals surface area contributed by atoms with E-state index in [2.05, 4.69) is 15.9 Å². The first-order chi connectivity index (χ1) is 5.52. The molecule has 1 aromatic rings. The zero-order valence-electron chi connectivity index (χ0n) is 5.69. The van der Waals surface area contributed by atoms with Gasteiger partial charge in [0.2, 0.25) is 0 Å². The predicted octanol–water partition coefficient (Wildman–Crippen LogP) is 3.23. The van der Waals surface area contributed by atoms with Crippen LogP contribution in [0.5, 0.6) is 5.75 Å². The number of halogens is 4. The SMILES string of the molecule is Oc1c(F)cc(Br)cc1C(F)F. The second-order valence-corrected chi connectivity index (χ2v) is 3.04. The maximum atomic E-state index is 12.6. The van der Waals surface area contributed by atoms with Crippen LogP contribution in [-0.2, 0) is 0 Å². The van der Waals surface area contributed by atoms with Crippen LogP contribution in [0.4, 0.5) is 13.2 Å².